The van der Waals surface area contributed by atoms with Gasteiger partial charge in [0.25, 0.3) is 0 Å². The van der Waals surface area contributed by atoms with Crippen molar-refractivity contribution in [2.24, 2.45) is 5.84 Å². The number of hydrogen-bond donors (Lipinski definition) is 3. The number of hydrazine groups is 1. The fraction of sp³-hybridized carbons (Fsp3) is 0.636. The van der Waals surface area contributed by atoms with Gasteiger partial charge in [0.05, 0.1) is 11.5 Å². The molecule has 1 unspecified atom stereocenters. The lowest BCUT2D eigenvalue weighted by molar-refractivity contribution is 0.602. The third-order valence-electron chi connectivity index (χ3n) is 2.98. The molecule has 0 bridgehead atoms. The highest BCUT2D eigenvalue weighted by Crippen LogP contribution is 2.18. The number of anilines is 2. The lowest BCUT2D eigenvalue weighted by atomic mass is 10.2. The average Bonchev–Trinajstić information content (AvgIpc) is 2.68. The van der Waals surface area contributed by atoms with E-state index < -0.39 is 9.84 Å². The molecule has 7 nitrogen and oxygen atoms in total. The minimum absolute atomic E-state index is 0.0833. The summed E-state index contributed by atoms with van der Waals surface area (Å²) in [5.41, 5.74) is 2.50. The van der Waals surface area contributed by atoms with Gasteiger partial charge in [0, 0.05) is 18.5 Å². The Bertz CT molecular complexity index is 546. The summed E-state index contributed by atoms with van der Waals surface area (Å²) >= 11 is 0. The second-order valence-electron chi connectivity index (χ2n) is 4.69. The van der Waals surface area contributed by atoms with E-state index in [1.165, 1.54) is 0 Å². The summed E-state index contributed by atoms with van der Waals surface area (Å²) in [7, 11) is -2.90. The Balaban J connectivity index is 2.13. The number of aromatic nitrogens is 2. The van der Waals surface area contributed by atoms with Gasteiger partial charge in [-0.05, 0) is 12.8 Å². The smallest absolute Gasteiger partial charge is 0.152 e. The van der Waals surface area contributed by atoms with Crippen molar-refractivity contribution >= 4 is 21.5 Å². The molecule has 19 heavy (non-hydrogen) atoms. The lowest BCUT2D eigenvalue weighted by Crippen LogP contribution is -2.22. The van der Waals surface area contributed by atoms with Crippen LogP contribution in [0.25, 0.3) is 0 Å². The third-order valence-corrected chi connectivity index (χ3v) is 4.75. The number of aryl methyl sites for hydroxylation is 1. The predicted molar refractivity (Wildman–Crippen MR) is 74.5 cm³/mol. The summed E-state index contributed by atoms with van der Waals surface area (Å²) in [4.78, 5) is 8.61. The van der Waals surface area contributed by atoms with Crippen LogP contribution in [-0.4, -0.2) is 35.9 Å². The summed E-state index contributed by atoms with van der Waals surface area (Å²) in [6.45, 7) is 2.04. The molecule has 1 atom stereocenters. The van der Waals surface area contributed by atoms with Crippen LogP contribution < -0.4 is 16.6 Å². The van der Waals surface area contributed by atoms with Gasteiger partial charge in [-0.15, -0.1) is 0 Å². The number of nitrogens with zero attached hydrogens (tertiary/aromatic N) is 2. The quantitative estimate of drug-likeness (QED) is 0.527. The van der Waals surface area contributed by atoms with Crippen molar-refractivity contribution in [3.8, 4) is 0 Å². The van der Waals surface area contributed by atoms with Crippen LogP contribution in [0.2, 0.25) is 0 Å². The minimum Gasteiger partial charge on any atom is -0.366 e. The molecular formula is C11H19N5O2S. The Morgan fingerprint density at radius 1 is 1.42 bits per heavy atom. The van der Waals surface area contributed by atoms with Gasteiger partial charge in [0.2, 0.25) is 0 Å². The van der Waals surface area contributed by atoms with Crippen molar-refractivity contribution < 1.29 is 8.42 Å². The molecule has 0 amide bonds. The molecular weight excluding hydrogens is 266 g/mol. The average molecular weight is 285 g/mol. The van der Waals surface area contributed by atoms with Crippen molar-refractivity contribution in [2.75, 3.05) is 22.2 Å². The maximum absolute atomic E-state index is 11.4. The van der Waals surface area contributed by atoms with Crippen LogP contribution in [0.3, 0.4) is 0 Å². The molecule has 1 aliphatic rings. The molecule has 1 aliphatic heterocycles. The first-order chi connectivity index (χ1) is 9.02. The number of nitrogen functional groups attached to an aromatic ring is 1. The van der Waals surface area contributed by atoms with E-state index in [1.807, 2.05) is 6.92 Å². The lowest BCUT2D eigenvalue weighted by Gasteiger charge is -2.13. The van der Waals surface area contributed by atoms with E-state index in [4.69, 9.17) is 5.84 Å². The normalized spacial score (nSPS) is 21.3. The van der Waals surface area contributed by atoms with Gasteiger partial charge in [0.15, 0.2) is 9.84 Å². The van der Waals surface area contributed by atoms with Crippen molar-refractivity contribution in [1.82, 2.24) is 9.97 Å². The number of rotatable bonds is 5. The standard InChI is InChI=1S/C11H19N5O2S/c1-2-3-9-14-10(6-11(15-9)16-12)13-8-4-5-19(17,18)7-8/h6,8H,2-5,7,12H2,1H3,(H2,13,14,15,16). The SMILES string of the molecule is CCCc1nc(NN)cc(NC2CCS(=O)(=O)C2)n1. The summed E-state index contributed by atoms with van der Waals surface area (Å²) in [6.07, 6.45) is 2.30. The fourth-order valence-electron chi connectivity index (χ4n) is 2.10. The molecule has 0 aliphatic carbocycles. The van der Waals surface area contributed by atoms with Gasteiger partial charge >= 0.3 is 0 Å². The van der Waals surface area contributed by atoms with Gasteiger partial charge in [0.1, 0.15) is 17.5 Å². The van der Waals surface area contributed by atoms with Crippen LogP contribution >= 0.6 is 0 Å². The van der Waals surface area contributed by atoms with Gasteiger partial charge in [-0.3, -0.25) is 0 Å². The maximum Gasteiger partial charge on any atom is 0.152 e. The van der Waals surface area contributed by atoms with E-state index in [1.54, 1.807) is 6.07 Å². The third kappa shape index (κ3) is 3.77. The molecule has 1 fully saturated rings. The van der Waals surface area contributed by atoms with Crippen molar-refractivity contribution in [3.63, 3.8) is 0 Å². The van der Waals surface area contributed by atoms with E-state index in [9.17, 15) is 8.42 Å². The summed E-state index contributed by atoms with van der Waals surface area (Å²) < 4.78 is 22.8. The van der Waals surface area contributed by atoms with E-state index in [0.717, 1.165) is 12.8 Å². The molecule has 8 heteroatoms. The van der Waals surface area contributed by atoms with E-state index in [-0.39, 0.29) is 17.5 Å². The number of hydrogen-bond acceptors (Lipinski definition) is 7. The molecule has 2 rings (SSSR count). The van der Waals surface area contributed by atoms with Crippen LogP contribution in [-0.2, 0) is 16.3 Å². The molecule has 1 saturated heterocycles. The molecule has 0 spiro atoms. The molecule has 1 aromatic heterocycles. The Labute approximate surface area is 112 Å². The molecule has 0 saturated carbocycles. The Kier molecular flexibility index (Phi) is 4.20. The highest BCUT2D eigenvalue weighted by Gasteiger charge is 2.28. The van der Waals surface area contributed by atoms with Crippen LogP contribution in [0.4, 0.5) is 11.6 Å². The largest absolute Gasteiger partial charge is 0.366 e. The molecule has 0 aromatic carbocycles. The topological polar surface area (TPSA) is 110 Å². The van der Waals surface area contributed by atoms with Gasteiger partial charge in [-0.1, -0.05) is 6.92 Å². The molecule has 2 heterocycles. The zero-order valence-electron chi connectivity index (χ0n) is 10.9. The van der Waals surface area contributed by atoms with Gasteiger partial charge in [-0.2, -0.15) is 0 Å². The predicted octanol–water partition coefficient (Wildman–Crippen LogP) is 0.314. The second-order valence-corrected chi connectivity index (χ2v) is 6.92. The maximum atomic E-state index is 11.4. The fourth-order valence-corrected chi connectivity index (χ4v) is 3.77. The zero-order valence-corrected chi connectivity index (χ0v) is 11.7. The van der Waals surface area contributed by atoms with E-state index in [2.05, 4.69) is 20.7 Å². The van der Waals surface area contributed by atoms with Crippen molar-refractivity contribution in [2.45, 2.75) is 32.2 Å². The molecule has 0 radical (unpaired) electrons. The Morgan fingerprint density at radius 2 is 2.16 bits per heavy atom. The Morgan fingerprint density at radius 3 is 2.74 bits per heavy atom. The minimum atomic E-state index is -2.90. The van der Waals surface area contributed by atoms with Crippen LogP contribution in [0.5, 0.6) is 0 Å². The molecule has 4 N–H and O–H groups in total. The van der Waals surface area contributed by atoms with Gasteiger partial charge < -0.3 is 10.7 Å². The summed E-state index contributed by atoms with van der Waals surface area (Å²) in [5, 5.41) is 3.14. The first kappa shape index (κ1) is 14.0. The molecule has 1 aromatic rings. The monoisotopic (exact) mass is 285 g/mol. The van der Waals surface area contributed by atoms with Crippen LogP contribution in [0, 0.1) is 0 Å². The molecule has 106 valence electrons. The van der Waals surface area contributed by atoms with Crippen LogP contribution in [0.1, 0.15) is 25.6 Å². The number of nitrogens with one attached hydrogen (secondary N) is 2. The first-order valence-corrected chi connectivity index (χ1v) is 8.16. The number of nitrogens with two attached hydrogens (primary N) is 1. The zero-order chi connectivity index (χ0) is 13.9. The van der Waals surface area contributed by atoms with Crippen molar-refractivity contribution in [3.05, 3.63) is 11.9 Å². The highest BCUT2D eigenvalue weighted by atomic mass is 32.2. The van der Waals surface area contributed by atoms with Gasteiger partial charge in [-0.25, -0.2) is 24.2 Å². The highest BCUT2D eigenvalue weighted by molar-refractivity contribution is 7.91. The van der Waals surface area contributed by atoms with Crippen molar-refractivity contribution in [1.29, 1.82) is 0 Å². The number of sulfone groups is 1. The Hall–Kier alpha value is -1.41. The van der Waals surface area contributed by atoms with Crippen LogP contribution in [0.15, 0.2) is 6.07 Å². The van der Waals surface area contributed by atoms with E-state index >= 15 is 0 Å². The summed E-state index contributed by atoms with van der Waals surface area (Å²) in [6, 6.07) is 1.60. The first-order valence-electron chi connectivity index (χ1n) is 6.34. The second kappa shape index (κ2) is 5.70. The summed E-state index contributed by atoms with van der Waals surface area (Å²) in [5.74, 6) is 7.61. The van der Waals surface area contributed by atoms with E-state index in [0.29, 0.717) is 23.9 Å².